The monoisotopic (exact) mass is 167 g/mol. The molecule has 0 spiro atoms. The van der Waals surface area contributed by atoms with Gasteiger partial charge >= 0.3 is 7.82 Å². The Morgan fingerprint density at radius 1 is 0.889 bits per heavy atom. The summed E-state index contributed by atoms with van der Waals surface area (Å²) < 4.78 is 8.88. The predicted octanol–water partition coefficient (Wildman–Crippen LogP) is -1.27. The summed E-state index contributed by atoms with van der Waals surface area (Å²) in [5.74, 6) is 0. The van der Waals surface area contributed by atoms with Crippen LogP contribution in [0.4, 0.5) is 0 Å². The van der Waals surface area contributed by atoms with Crippen molar-refractivity contribution in [3.8, 4) is 0 Å². The van der Waals surface area contributed by atoms with Crippen LogP contribution in [0, 0.1) is 0 Å². The van der Waals surface area contributed by atoms with E-state index in [1.807, 2.05) is 0 Å². The molecule has 0 saturated carbocycles. The van der Waals surface area contributed by atoms with E-state index in [1.54, 1.807) is 0 Å². The molecule has 0 aliphatic carbocycles. The Hall–Kier alpha value is -0.0500. The molecule has 0 unspecified atom stereocenters. The molecule has 8 nitrogen and oxygen atoms in total. The third kappa shape index (κ3) is 113000. The van der Waals surface area contributed by atoms with Crippen molar-refractivity contribution in [1.82, 2.24) is 18.5 Å². The molecule has 0 atom stereocenters. The van der Waals surface area contributed by atoms with Gasteiger partial charge in [0.2, 0.25) is 0 Å². The van der Waals surface area contributed by atoms with Crippen molar-refractivity contribution in [1.29, 1.82) is 0 Å². The molecule has 9 heteroatoms. The van der Waals surface area contributed by atoms with Crippen LogP contribution in [0.5, 0.6) is 0 Å². The van der Waals surface area contributed by atoms with Crippen molar-refractivity contribution >= 4 is 7.82 Å². The second kappa shape index (κ2) is 10.8. The van der Waals surface area contributed by atoms with E-state index < -0.39 is 7.82 Å². The minimum atomic E-state index is -4.64. The first kappa shape index (κ1) is 36.3. The number of hydrogen-bond acceptors (Lipinski definition) is 4. The summed E-state index contributed by atoms with van der Waals surface area (Å²) in [6, 6.07) is 0. The first-order chi connectivity index (χ1) is 2.00. The predicted molar refractivity (Wildman–Crippen MR) is 32.9 cm³/mol. The summed E-state index contributed by atoms with van der Waals surface area (Å²) >= 11 is 0. The first-order valence-electron chi connectivity index (χ1n) is 0.783. The summed E-state index contributed by atoms with van der Waals surface area (Å²) in [5.41, 5.74) is 0. The molecule has 14 N–H and O–H groups in total. The number of phosphoric acid groups is 1. The van der Waals surface area contributed by atoms with Crippen LogP contribution in [0.1, 0.15) is 0 Å². The molecule has 0 aromatic rings. The highest BCUT2D eigenvalue weighted by atomic mass is 31.2. The third-order valence-electron chi connectivity index (χ3n) is 0. The van der Waals surface area contributed by atoms with Crippen molar-refractivity contribution in [3.63, 3.8) is 0 Å². The van der Waals surface area contributed by atoms with Gasteiger partial charge in [0.05, 0.1) is 0 Å². The van der Waals surface area contributed by atoms with E-state index in [1.165, 1.54) is 0 Å². The van der Waals surface area contributed by atoms with Gasteiger partial charge in [-0.1, -0.05) is 0 Å². The standard InChI is InChI=1S/3H3N.H3O4P.H2O/c;;;1-5(2,3)4;/h3*1H3;(H3,1,2,3,4);1H2. The second-order valence-corrected chi connectivity index (χ2v) is 1.54. The van der Waals surface area contributed by atoms with Gasteiger partial charge in [-0.3, -0.25) is 0 Å². The third-order valence-corrected chi connectivity index (χ3v) is 0. The molecule has 64 valence electrons. The van der Waals surface area contributed by atoms with Crippen molar-refractivity contribution in [2.75, 3.05) is 0 Å². The quantitative estimate of drug-likeness (QED) is 0.240. The highest BCUT2D eigenvalue weighted by Gasteiger charge is 2.00. The lowest BCUT2D eigenvalue weighted by molar-refractivity contribution is 0.275. The zero-order chi connectivity index (χ0) is 4.50. The molecular weight excluding hydrogens is 153 g/mol. The summed E-state index contributed by atoms with van der Waals surface area (Å²) in [6.45, 7) is 0. The van der Waals surface area contributed by atoms with Gasteiger partial charge in [-0.25, -0.2) is 4.57 Å². The summed E-state index contributed by atoms with van der Waals surface area (Å²) in [6.07, 6.45) is 0. The largest absolute Gasteiger partial charge is 0.466 e. The van der Waals surface area contributed by atoms with Gasteiger partial charge in [0.15, 0.2) is 0 Å². The van der Waals surface area contributed by atoms with Crippen LogP contribution in [-0.4, -0.2) is 20.2 Å². The molecule has 0 heterocycles. The Balaban J connectivity index is -0.0000000133. The fourth-order valence-corrected chi connectivity index (χ4v) is 0. The molecule has 0 bridgehead atoms. The lowest BCUT2D eigenvalue weighted by Crippen LogP contribution is -1.66. The van der Waals surface area contributed by atoms with E-state index >= 15 is 0 Å². The fourth-order valence-electron chi connectivity index (χ4n) is 0. The highest BCUT2D eigenvalue weighted by Crippen LogP contribution is 2.25. The van der Waals surface area contributed by atoms with E-state index in [-0.39, 0.29) is 23.9 Å². The van der Waals surface area contributed by atoms with Crippen molar-refractivity contribution in [3.05, 3.63) is 0 Å². The van der Waals surface area contributed by atoms with Gasteiger partial charge in [-0.05, 0) is 0 Å². The maximum atomic E-state index is 8.88. The Morgan fingerprint density at radius 3 is 0.889 bits per heavy atom. The fraction of sp³-hybridized carbons (Fsp3) is 0. The number of rotatable bonds is 0. The van der Waals surface area contributed by atoms with Crippen molar-refractivity contribution in [2.24, 2.45) is 0 Å². The van der Waals surface area contributed by atoms with Crippen molar-refractivity contribution in [2.45, 2.75) is 0 Å². The summed E-state index contributed by atoms with van der Waals surface area (Å²) in [5, 5.41) is 0. The Bertz CT molecular complexity index is 58.3. The van der Waals surface area contributed by atoms with Crippen LogP contribution in [0.2, 0.25) is 0 Å². The van der Waals surface area contributed by atoms with Gasteiger partial charge in [-0.2, -0.15) is 0 Å². The van der Waals surface area contributed by atoms with Crippen LogP contribution >= 0.6 is 7.82 Å². The Morgan fingerprint density at radius 2 is 0.889 bits per heavy atom. The van der Waals surface area contributed by atoms with Gasteiger partial charge in [0.25, 0.3) is 0 Å². The van der Waals surface area contributed by atoms with Crippen LogP contribution in [0.3, 0.4) is 0 Å². The zero-order valence-electron chi connectivity index (χ0n) is 4.82. The maximum absolute atomic E-state index is 8.88. The molecule has 0 amide bonds. The Kier molecular flexibility index (Phi) is 43.7. The summed E-state index contributed by atoms with van der Waals surface area (Å²) in [7, 11) is -4.64. The highest BCUT2D eigenvalue weighted by molar-refractivity contribution is 7.45. The molecule has 0 fully saturated rings. The van der Waals surface area contributed by atoms with E-state index in [0.717, 1.165) is 0 Å². The lowest BCUT2D eigenvalue weighted by atomic mass is 14.0. The molecular formula is H14N3O5P. The minimum Gasteiger partial charge on any atom is -0.412 e. The normalized spacial score (nSPS) is 6.56. The topological polar surface area (TPSA) is 214 Å². The number of hydrogen-bond donors (Lipinski definition) is 6. The van der Waals surface area contributed by atoms with Gasteiger partial charge < -0.3 is 38.6 Å². The van der Waals surface area contributed by atoms with E-state index in [0.29, 0.717) is 0 Å². The average Bonchev–Trinajstić information content (AvgIpc) is 0.722. The van der Waals surface area contributed by atoms with E-state index in [4.69, 9.17) is 19.2 Å². The van der Waals surface area contributed by atoms with Crippen LogP contribution in [-0.2, 0) is 4.57 Å². The molecule has 9 heavy (non-hydrogen) atoms. The molecule has 0 saturated heterocycles. The molecule has 0 aromatic carbocycles. The van der Waals surface area contributed by atoms with Crippen molar-refractivity contribution < 1.29 is 24.7 Å². The van der Waals surface area contributed by atoms with Gasteiger partial charge in [-0.15, -0.1) is 0 Å². The molecule has 0 aliphatic heterocycles. The maximum Gasteiger partial charge on any atom is 0.466 e. The Labute approximate surface area is 52.2 Å². The molecule has 0 rings (SSSR count). The van der Waals surface area contributed by atoms with E-state index in [9.17, 15) is 0 Å². The molecule has 0 aromatic heterocycles. The van der Waals surface area contributed by atoms with Crippen LogP contribution < -0.4 is 18.5 Å². The smallest absolute Gasteiger partial charge is 0.412 e. The van der Waals surface area contributed by atoms with Crippen LogP contribution in [0.25, 0.3) is 0 Å². The molecule has 0 aliphatic rings. The SMILES string of the molecule is N.N.N.O.O=P(O)(O)O. The second-order valence-electron chi connectivity index (χ2n) is 0.513. The minimum absolute atomic E-state index is 0. The first-order valence-corrected chi connectivity index (χ1v) is 2.35. The summed E-state index contributed by atoms with van der Waals surface area (Å²) in [4.78, 5) is 21.6. The zero-order valence-corrected chi connectivity index (χ0v) is 5.71. The lowest BCUT2D eigenvalue weighted by Gasteiger charge is -1.82. The molecule has 0 radical (unpaired) electrons. The van der Waals surface area contributed by atoms with Crippen LogP contribution in [0.15, 0.2) is 0 Å². The van der Waals surface area contributed by atoms with Gasteiger partial charge in [0, 0.05) is 0 Å². The average molecular weight is 167 g/mol. The van der Waals surface area contributed by atoms with E-state index in [2.05, 4.69) is 0 Å². The van der Waals surface area contributed by atoms with Gasteiger partial charge in [0.1, 0.15) is 0 Å².